The van der Waals surface area contributed by atoms with Crippen molar-refractivity contribution in [2.45, 2.75) is 17.5 Å². The average molecular weight is 380 g/mol. The van der Waals surface area contributed by atoms with Crippen LogP contribution in [0.3, 0.4) is 0 Å². The summed E-state index contributed by atoms with van der Waals surface area (Å²) in [5, 5.41) is 8.84. The van der Waals surface area contributed by atoms with Crippen LogP contribution in [0, 0.1) is 0 Å². The Morgan fingerprint density at radius 1 is 1.19 bits per heavy atom. The van der Waals surface area contributed by atoms with Gasteiger partial charge in [0.1, 0.15) is 0 Å². The molecule has 0 saturated heterocycles. The number of carboxylic acids is 1. The summed E-state index contributed by atoms with van der Waals surface area (Å²) in [5.41, 5.74) is 5.84. The minimum atomic E-state index is -4.39. The van der Waals surface area contributed by atoms with Crippen molar-refractivity contribution >= 4 is 29.6 Å². The second kappa shape index (κ2) is 8.57. The Labute approximate surface area is 152 Å². The number of alkyl halides is 3. The number of rotatable bonds is 6. The lowest BCUT2D eigenvalue weighted by Crippen LogP contribution is -2.03. The summed E-state index contributed by atoms with van der Waals surface area (Å²) >= 11 is 1.27. The summed E-state index contributed by atoms with van der Waals surface area (Å²) in [7, 11) is 0. The fourth-order valence-corrected chi connectivity index (χ4v) is 2.81. The molecule has 0 saturated carbocycles. The predicted molar refractivity (Wildman–Crippen MR) is 95.5 cm³/mol. The Hall–Kier alpha value is -2.74. The smallest absolute Gasteiger partial charge is 0.416 e. The molecule has 26 heavy (non-hydrogen) atoms. The molecule has 0 aromatic heterocycles. The van der Waals surface area contributed by atoms with E-state index in [1.54, 1.807) is 24.3 Å². The van der Waals surface area contributed by atoms with Crippen molar-refractivity contribution in [3.63, 3.8) is 0 Å². The number of nitrogens with zero attached hydrogens (tertiary/aromatic N) is 1. The zero-order chi connectivity index (χ0) is 19.2. The maximum absolute atomic E-state index is 12.5. The van der Waals surface area contributed by atoms with Crippen molar-refractivity contribution < 1.29 is 23.1 Å². The van der Waals surface area contributed by atoms with Crippen LogP contribution in [0.4, 0.5) is 18.9 Å². The van der Waals surface area contributed by atoms with Crippen molar-refractivity contribution in [1.29, 1.82) is 0 Å². The van der Waals surface area contributed by atoms with E-state index in [4.69, 9.17) is 10.8 Å². The first-order valence-corrected chi connectivity index (χ1v) is 8.21. The van der Waals surface area contributed by atoms with Gasteiger partial charge in [-0.05, 0) is 42.0 Å². The molecule has 0 radical (unpaired) electrons. The quantitative estimate of drug-likeness (QED) is 0.566. The third-order valence-corrected chi connectivity index (χ3v) is 4.16. The average Bonchev–Trinajstić information content (AvgIpc) is 2.58. The molecule has 136 valence electrons. The molecule has 0 aliphatic carbocycles. The third kappa shape index (κ3) is 5.96. The highest BCUT2D eigenvalue weighted by Crippen LogP contribution is 2.31. The van der Waals surface area contributed by atoms with Crippen LogP contribution in [-0.4, -0.2) is 17.3 Å². The molecule has 0 atom stereocenters. The van der Waals surface area contributed by atoms with Crippen LogP contribution in [0.25, 0.3) is 0 Å². The summed E-state index contributed by atoms with van der Waals surface area (Å²) in [6.45, 7) is 0. The Morgan fingerprint density at radius 3 is 2.46 bits per heavy atom. The minimum Gasteiger partial charge on any atom is -0.481 e. The van der Waals surface area contributed by atoms with Crippen molar-refractivity contribution in [3.05, 3.63) is 70.8 Å². The van der Waals surface area contributed by atoms with E-state index in [1.807, 2.05) is 0 Å². The number of hydrogen-bond donors (Lipinski definition) is 2. The van der Waals surface area contributed by atoms with Gasteiger partial charge in [-0.2, -0.15) is 13.2 Å². The topological polar surface area (TPSA) is 75.7 Å². The molecular formula is C18H15F3N2O2S. The van der Waals surface area contributed by atoms with Gasteiger partial charge in [-0.25, -0.2) is 0 Å². The van der Waals surface area contributed by atoms with E-state index in [2.05, 4.69) is 4.99 Å². The van der Waals surface area contributed by atoms with Gasteiger partial charge in [-0.1, -0.05) is 23.9 Å². The van der Waals surface area contributed by atoms with Crippen molar-refractivity contribution in [2.75, 3.05) is 0 Å². The molecule has 0 heterocycles. The monoisotopic (exact) mass is 380 g/mol. The zero-order valence-electron chi connectivity index (χ0n) is 13.4. The third-order valence-electron chi connectivity index (χ3n) is 3.19. The molecule has 2 aromatic rings. The molecule has 0 unspecified atom stereocenters. The first-order chi connectivity index (χ1) is 12.3. The molecule has 8 heteroatoms. The molecule has 0 spiro atoms. The van der Waals surface area contributed by atoms with Crippen molar-refractivity contribution in [2.24, 2.45) is 10.7 Å². The van der Waals surface area contributed by atoms with Crippen LogP contribution in [0.2, 0.25) is 0 Å². The minimum absolute atomic E-state index is 0.0876. The molecular weight excluding hydrogens is 365 g/mol. The van der Waals surface area contributed by atoms with E-state index in [0.29, 0.717) is 16.2 Å². The standard InChI is InChI=1S/C18H15F3N2O2S/c19-18(20,21)13-4-6-14(7-5-13)23-11-16(10-22)26-15-3-1-2-12(8-15)9-17(24)25/h1-8,10-11H,9,22H2,(H,24,25). The van der Waals surface area contributed by atoms with E-state index in [9.17, 15) is 18.0 Å². The molecule has 2 aromatic carbocycles. The highest BCUT2D eigenvalue weighted by Gasteiger charge is 2.29. The number of nitrogens with two attached hydrogens (primary N) is 1. The molecule has 0 fully saturated rings. The van der Waals surface area contributed by atoms with Gasteiger partial charge >= 0.3 is 12.1 Å². The summed E-state index contributed by atoms with van der Waals surface area (Å²) in [5.74, 6) is -0.925. The highest BCUT2D eigenvalue weighted by atomic mass is 32.2. The second-order valence-electron chi connectivity index (χ2n) is 5.19. The lowest BCUT2D eigenvalue weighted by molar-refractivity contribution is -0.138. The lowest BCUT2D eigenvalue weighted by atomic mass is 10.2. The van der Waals surface area contributed by atoms with Gasteiger partial charge in [0, 0.05) is 22.2 Å². The van der Waals surface area contributed by atoms with Crippen LogP contribution in [0.5, 0.6) is 0 Å². The predicted octanol–water partition coefficient (Wildman–Crippen LogP) is 4.63. The SMILES string of the molecule is NC=C(C=Nc1ccc(C(F)(F)F)cc1)Sc1cccc(CC(=O)O)c1. The largest absolute Gasteiger partial charge is 0.481 e. The summed E-state index contributed by atoms with van der Waals surface area (Å²) in [6, 6.07) is 11.4. The van der Waals surface area contributed by atoms with Crippen LogP contribution in [0.1, 0.15) is 11.1 Å². The molecule has 0 aliphatic heterocycles. The Bertz CT molecular complexity index is 831. The van der Waals surface area contributed by atoms with Crippen LogP contribution >= 0.6 is 11.8 Å². The molecule has 2 rings (SSSR count). The number of carboxylic acid groups (broad SMARTS) is 1. The van der Waals surface area contributed by atoms with Crippen LogP contribution < -0.4 is 5.73 Å². The molecule has 0 amide bonds. The normalized spacial score (nSPS) is 12.5. The van der Waals surface area contributed by atoms with Crippen LogP contribution in [0.15, 0.2) is 69.5 Å². The van der Waals surface area contributed by atoms with Crippen molar-refractivity contribution in [3.8, 4) is 0 Å². The molecule has 3 N–H and O–H groups in total. The number of allylic oxidation sites excluding steroid dienone is 1. The number of carbonyl (C=O) groups is 1. The highest BCUT2D eigenvalue weighted by molar-refractivity contribution is 8.04. The van der Waals surface area contributed by atoms with Crippen LogP contribution in [-0.2, 0) is 17.4 Å². The Balaban J connectivity index is 2.08. The van der Waals surface area contributed by atoms with E-state index in [1.165, 1.54) is 36.3 Å². The first kappa shape index (κ1) is 19.6. The van der Waals surface area contributed by atoms with Gasteiger partial charge in [0.25, 0.3) is 0 Å². The number of aliphatic imine (C=N–C) groups is 1. The Morgan fingerprint density at radius 2 is 1.88 bits per heavy atom. The molecule has 0 aliphatic rings. The maximum atomic E-state index is 12.5. The van der Waals surface area contributed by atoms with E-state index in [-0.39, 0.29) is 6.42 Å². The van der Waals surface area contributed by atoms with Gasteiger partial charge in [-0.15, -0.1) is 0 Å². The Kier molecular flexibility index (Phi) is 6.46. The van der Waals surface area contributed by atoms with Crippen molar-refractivity contribution in [1.82, 2.24) is 0 Å². The number of benzene rings is 2. The molecule has 4 nitrogen and oxygen atoms in total. The first-order valence-electron chi connectivity index (χ1n) is 7.40. The summed E-state index contributed by atoms with van der Waals surface area (Å²) in [6.07, 6.45) is -1.71. The number of thioether (sulfide) groups is 1. The van der Waals surface area contributed by atoms with Gasteiger partial charge in [0.15, 0.2) is 0 Å². The lowest BCUT2D eigenvalue weighted by Gasteiger charge is -2.06. The van der Waals surface area contributed by atoms with E-state index >= 15 is 0 Å². The fraction of sp³-hybridized carbons (Fsp3) is 0.111. The van der Waals surface area contributed by atoms with E-state index in [0.717, 1.165) is 17.0 Å². The number of halogens is 3. The van der Waals surface area contributed by atoms with Gasteiger partial charge in [-0.3, -0.25) is 9.79 Å². The van der Waals surface area contributed by atoms with Gasteiger partial charge in [0.05, 0.1) is 17.7 Å². The fourth-order valence-electron chi connectivity index (χ4n) is 2.01. The maximum Gasteiger partial charge on any atom is 0.416 e. The van der Waals surface area contributed by atoms with Gasteiger partial charge in [0.2, 0.25) is 0 Å². The van der Waals surface area contributed by atoms with E-state index < -0.39 is 17.7 Å². The second-order valence-corrected chi connectivity index (χ2v) is 6.34. The zero-order valence-corrected chi connectivity index (χ0v) is 14.2. The molecule has 0 bridgehead atoms. The summed E-state index contributed by atoms with van der Waals surface area (Å²) in [4.78, 5) is 16.2. The number of hydrogen-bond acceptors (Lipinski definition) is 4. The summed E-state index contributed by atoms with van der Waals surface area (Å²) < 4.78 is 37.6. The van der Waals surface area contributed by atoms with Gasteiger partial charge < -0.3 is 10.8 Å². The number of aliphatic carboxylic acids is 1.